The number of nitrogens with two attached hydrogens (primary N) is 1. The Kier molecular flexibility index (Phi) is 7.66. The highest BCUT2D eigenvalue weighted by atomic mass is 35.5. The number of amides is 4. The van der Waals surface area contributed by atoms with Crippen LogP contribution in [0.3, 0.4) is 0 Å². The van der Waals surface area contributed by atoms with Crippen LogP contribution in [0.25, 0.3) is 0 Å². The second-order valence-corrected chi connectivity index (χ2v) is 7.82. The van der Waals surface area contributed by atoms with E-state index in [1.54, 1.807) is 9.80 Å². The Morgan fingerprint density at radius 1 is 1.17 bits per heavy atom. The number of benzene rings is 1. The Balaban J connectivity index is 0.00000300. The summed E-state index contributed by atoms with van der Waals surface area (Å²) in [7, 11) is 1.54. The smallest absolute Gasteiger partial charge is 0.327 e. The molecule has 2 N–H and O–H groups in total. The molecule has 2 aliphatic heterocycles. The van der Waals surface area contributed by atoms with E-state index < -0.39 is 11.6 Å². The normalized spacial score (nSPS) is 19.5. The van der Waals surface area contributed by atoms with Crippen molar-refractivity contribution in [2.24, 2.45) is 5.73 Å². The van der Waals surface area contributed by atoms with Gasteiger partial charge in [0.25, 0.3) is 5.91 Å². The molecule has 29 heavy (non-hydrogen) atoms. The molecular weight excluding hydrogens is 392 g/mol. The number of carbonyl (C=O) groups excluding carboxylic acids is 3. The third kappa shape index (κ3) is 4.41. The summed E-state index contributed by atoms with van der Waals surface area (Å²) < 4.78 is 0. The molecule has 2 heterocycles. The van der Waals surface area contributed by atoms with Gasteiger partial charge in [-0.1, -0.05) is 50.1 Å². The molecule has 1 aromatic carbocycles. The Bertz CT molecular complexity index is 735. The zero-order valence-electron chi connectivity index (χ0n) is 17.2. The van der Waals surface area contributed by atoms with E-state index in [1.807, 2.05) is 30.3 Å². The fourth-order valence-corrected chi connectivity index (χ4v) is 4.23. The van der Waals surface area contributed by atoms with Gasteiger partial charge in [-0.15, -0.1) is 12.4 Å². The van der Waals surface area contributed by atoms with Crippen LogP contribution in [0.2, 0.25) is 0 Å². The summed E-state index contributed by atoms with van der Waals surface area (Å²) in [6.07, 6.45) is 3.49. The van der Waals surface area contributed by atoms with E-state index in [4.69, 9.17) is 5.73 Å². The number of hydrogen-bond donors (Lipinski definition) is 1. The predicted octanol–water partition coefficient (Wildman–Crippen LogP) is 2.38. The minimum Gasteiger partial charge on any atom is -0.341 e. The molecule has 2 saturated heterocycles. The predicted molar refractivity (Wildman–Crippen MR) is 113 cm³/mol. The monoisotopic (exact) mass is 422 g/mol. The van der Waals surface area contributed by atoms with Gasteiger partial charge in [0.15, 0.2) is 0 Å². The summed E-state index contributed by atoms with van der Waals surface area (Å²) in [6, 6.07) is 8.92. The Labute approximate surface area is 178 Å². The van der Waals surface area contributed by atoms with Gasteiger partial charge in [-0.25, -0.2) is 4.79 Å². The summed E-state index contributed by atoms with van der Waals surface area (Å²) in [5, 5.41) is 0. The quantitative estimate of drug-likeness (QED) is 0.713. The molecule has 1 atom stereocenters. The maximum absolute atomic E-state index is 13.0. The lowest BCUT2D eigenvalue weighted by molar-refractivity contribution is -0.141. The Morgan fingerprint density at radius 2 is 1.79 bits per heavy atom. The maximum Gasteiger partial charge on any atom is 0.327 e. The first-order valence-electron chi connectivity index (χ1n) is 10.1. The van der Waals surface area contributed by atoms with Gasteiger partial charge in [0, 0.05) is 26.7 Å². The highest BCUT2D eigenvalue weighted by molar-refractivity contribution is 6.07. The average molecular weight is 423 g/mol. The lowest BCUT2D eigenvalue weighted by Gasteiger charge is -2.42. The molecule has 2 aliphatic rings. The highest BCUT2D eigenvalue weighted by Gasteiger charge is 2.57. The van der Waals surface area contributed by atoms with Crippen LogP contribution in [0.15, 0.2) is 30.3 Å². The summed E-state index contributed by atoms with van der Waals surface area (Å²) in [5.41, 5.74) is 6.16. The van der Waals surface area contributed by atoms with Crippen LogP contribution in [0.5, 0.6) is 0 Å². The number of unbranched alkanes of at least 4 members (excludes halogenated alkanes) is 1. The number of piperidine rings is 1. The van der Waals surface area contributed by atoms with Gasteiger partial charge in [0.05, 0.1) is 6.04 Å². The van der Waals surface area contributed by atoms with Gasteiger partial charge < -0.3 is 15.5 Å². The first kappa shape index (κ1) is 23.2. The molecule has 160 valence electrons. The molecule has 0 bridgehead atoms. The lowest BCUT2D eigenvalue weighted by Crippen LogP contribution is -2.58. The second kappa shape index (κ2) is 9.59. The second-order valence-electron chi connectivity index (χ2n) is 7.82. The molecule has 0 aromatic heterocycles. The van der Waals surface area contributed by atoms with Gasteiger partial charge in [0.1, 0.15) is 5.54 Å². The van der Waals surface area contributed by atoms with E-state index >= 15 is 0 Å². The number of nitrogens with zero attached hydrogens (tertiary/aromatic N) is 3. The number of halogens is 1. The first-order valence-corrected chi connectivity index (χ1v) is 10.1. The summed E-state index contributed by atoms with van der Waals surface area (Å²) in [6.45, 7) is 3.34. The van der Waals surface area contributed by atoms with Crippen molar-refractivity contribution in [3.63, 3.8) is 0 Å². The molecule has 1 spiro atoms. The number of hydrogen-bond acceptors (Lipinski definition) is 4. The molecule has 2 fully saturated rings. The first-order chi connectivity index (χ1) is 13.4. The Morgan fingerprint density at radius 3 is 2.38 bits per heavy atom. The molecule has 4 amide bonds. The standard InChI is InChI=1S/C21H30N4O3.ClH/c1-3-4-10-17(22)18(26)24-13-11-21(12-14-24)19(27)23(2)20(28)25(21)15-16-8-6-5-7-9-16;/h5-9,17H,3-4,10-15,22H2,1-2H3;1H/t17-;/m0./s1. The maximum atomic E-state index is 13.0. The van der Waals surface area contributed by atoms with Crippen molar-refractivity contribution < 1.29 is 14.4 Å². The van der Waals surface area contributed by atoms with Crippen molar-refractivity contribution in [2.45, 2.75) is 57.2 Å². The molecule has 8 heteroatoms. The fraction of sp³-hybridized carbons (Fsp3) is 0.571. The third-order valence-electron chi connectivity index (χ3n) is 6.01. The number of likely N-dealkylation sites (tertiary alicyclic amines) is 1. The topological polar surface area (TPSA) is 87.0 Å². The molecule has 3 rings (SSSR count). The summed E-state index contributed by atoms with van der Waals surface area (Å²) in [4.78, 5) is 43.0. The van der Waals surface area contributed by atoms with E-state index in [1.165, 1.54) is 11.9 Å². The van der Waals surface area contributed by atoms with Crippen LogP contribution in [0.1, 0.15) is 44.6 Å². The summed E-state index contributed by atoms with van der Waals surface area (Å²) in [5.74, 6) is -0.223. The van der Waals surface area contributed by atoms with E-state index in [0.717, 1.165) is 18.4 Å². The molecule has 7 nitrogen and oxygen atoms in total. The van der Waals surface area contributed by atoms with E-state index in [9.17, 15) is 14.4 Å². The highest BCUT2D eigenvalue weighted by Crippen LogP contribution is 2.38. The molecule has 0 radical (unpaired) electrons. The van der Waals surface area contributed by atoms with Crippen molar-refractivity contribution in [1.82, 2.24) is 14.7 Å². The Hall–Kier alpha value is -2.12. The SMILES string of the molecule is CCCC[C@H](N)C(=O)N1CCC2(CC1)C(=O)N(C)C(=O)N2Cc1ccccc1.Cl. The lowest BCUT2D eigenvalue weighted by atomic mass is 9.85. The number of rotatable bonds is 6. The third-order valence-corrected chi connectivity index (χ3v) is 6.01. The zero-order chi connectivity index (χ0) is 20.3. The molecule has 0 aliphatic carbocycles. The van der Waals surface area contributed by atoms with E-state index in [0.29, 0.717) is 38.9 Å². The van der Waals surface area contributed by atoms with Gasteiger partial charge in [-0.05, 0) is 24.8 Å². The van der Waals surface area contributed by atoms with Crippen LogP contribution < -0.4 is 5.73 Å². The fourth-order valence-electron chi connectivity index (χ4n) is 4.23. The van der Waals surface area contributed by atoms with Crippen LogP contribution in [-0.4, -0.2) is 64.3 Å². The van der Waals surface area contributed by atoms with Gasteiger partial charge in [0.2, 0.25) is 5.91 Å². The summed E-state index contributed by atoms with van der Waals surface area (Å²) >= 11 is 0. The van der Waals surface area contributed by atoms with Crippen LogP contribution in [-0.2, 0) is 16.1 Å². The zero-order valence-corrected chi connectivity index (χ0v) is 18.0. The molecule has 0 unspecified atom stereocenters. The molecular formula is C21H31ClN4O3. The van der Waals surface area contributed by atoms with Crippen molar-refractivity contribution >= 4 is 30.3 Å². The van der Waals surface area contributed by atoms with Gasteiger partial charge in [-0.2, -0.15) is 0 Å². The molecule has 1 aromatic rings. The number of carbonyl (C=O) groups is 3. The minimum absolute atomic E-state index is 0. The van der Waals surface area contributed by atoms with Crippen LogP contribution in [0, 0.1) is 0 Å². The number of likely N-dealkylation sites (N-methyl/N-ethyl adjacent to an activating group) is 1. The minimum atomic E-state index is -0.869. The van der Waals surface area contributed by atoms with E-state index in [-0.39, 0.29) is 30.3 Å². The largest absolute Gasteiger partial charge is 0.341 e. The molecule has 0 saturated carbocycles. The van der Waals surface area contributed by atoms with Crippen LogP contribution >= 0.6 is 12.4 Å². The number of urea groups is 1. The van der Waals surface area contributed by atoms with Gasteiger partial charge >= 0.3 is 6.03 Å². The number of imide groups is 1. The van der Waals surface area contributed by atoms with Gasteiger partial charge in [-0.3, -0.25) is 14.5 Å². The van der Waals surface area contributed by atoms with Crippen molar-refractivity contribution in [1.29, 1.82) is 0 Å². The van der Waals surface area contributed by atoms with Crippen molar-refractivity contribution in [2.75, 3.05) is 20.1 Å². The average Bonchev–Trinajstić information content (AvgIpc) is 2.89. The van der Waals surface area contributed by atoms with Crippen molar-refractivity contribution in [3.05, 3.63) is 35.9 Å². The van der Waals surface area contributed by atoms with E-state index in [2.05, 4.69) is 6.92 Å². The van der Waals surface area contributed by atoms with Crippen LogP contribution in [0.4, 0.5) is 4.79 Å². The van der Waals surface area contributed by atoms with Crippen molar-refractivity contribution in [3.8, 4) is 0 Å².